The standard InChI is InChI=1S/C22H27N3/c1-3-8-20(9-4-1)25(21-10-5-2-6-11-21)17-7-16-23-22-18-12-14-19(24-22)15-13-18/h1-6,8-11,18-19H,7,12-17H2,(H,23,24). The molecule has 1 N–H and O–H groups in total. The minimum Gasteiger partial charge on any atom is -0.374 e. The molecule has 0 atom stereocenters. The second kappa shape index (κ2) is 7.73. The zero-order valence-electron chi connectivity index (χ0n) is 14.8. The summed E-state index contributed by atoms with van der Waals surface area (Å²) >= 11 is 0. The van der Waals surface area contributed by atoms with Crippen LogP contribution in [0.15, 0.2) is 65.7 Å². The lowest BCUT2D eigenvalue weighted by atomic mass is 9.82. The van der Waals surface area contributed by atoms with Gasteiger partial charge in [0.25, 0.3) is 0 Å². The van der Waals surface area contributed by atoms with Crippen LogP contribution in [0.1, 0.15) is 32.1 Å². The van der Waals surface area contributed by atoms with Crippen molar-refractivity contribution in [2.24, 2.45) is 10.9 Å². The summed E-state index contributed by atoms with van der Waals surface area (Å²) in [5.74, 6) is 1.98. The number of benzene rings is 2. The average Bonchev–Trinajstić information content (AvgIpc) is 2.70. The van der Waals surface area contributed by atoms with E-state index in [0.29, 0.717) is 12.0 Å². The van der Waals surface area contributed by atoms with Gasteiger partial charge in [0.05, 0.1) is 11.9 Å². The molecule has 130 valence electrons. The molecule has 2 bridgehead atoms. The molecular formula is C22H27N3. The number of hydrogen-bond donors (Lipinski definition) is 1. The molecule has 25 heavy (non-hydrogen) atoms. The molecule has 2 aromatic rings. The number of nitrogens with zero attached hydrogens (tertiary/aromatic N) is 2. The Morgan fingerprint density at radius 3 is 1.96 bits per heavy atom. The van der Waals surface area contributed by atoms with Crippen LogP contribution in [0, 0.1) is 5.92 Å². The summed E-state index contributed by atoms with van der Waals surface area (Å²) in [6.07, 6.45) is 6.35. The second-order valence-electron chi connectivity index (χ2n) is 7.12. The Balaban J connectivity index is 1.37. The summed E-state index contributed by atoms with van der Waals surface area (Å²) in [6.45, 7) is 2.00. The van der Waals surface area contributed by atoms with Crippen molar-refractivity contribution in [1.29, 1.82) is 0 Å². The minimum atomic E-state index is 0.595. The van der Waals surface area contributed by atoms with Gasteiger partial charge in [-0.05, 0) is 56.4 Å². The fourth-order valence-electron chi connectivity index (χ4n) is 4.05. The van der Waals surface area contributed by atoms with Gasteiger partial charge in [-0.25, -0.2) is 0 Å². The van der Waals surface area contributed by atoms with Gasteiger partial charge in [-0.2, -0.15) is 0 Å². The molecule has 2 heterocycles. The molecule has 2 aliphatic heterocycles. The highest BCUT2D eigenvalue weighted by atomic mass is 15.1. The predicted molar refractivity (Wildman–Crippen MR) is 106 cm³/mol. The number of nitrogens with one attached hydrogen (secondary N) is 1. The first-order valence-electron chi connectivity index (χ1n) is 9.59. The molecule has 0 amide bonds. The van der Waals surface area contributed by atoms with Gasteiger partial charge >= 0.3 is 0 Å². The van der Waals surface area contributed by atoms with E-state index in [-0.39, 0.29) is 0 Å². The van der Waals surface area contributed by atoms with E-state index in [1.165, 1.54) is 42.9 Å². The third kappa shape index (κ3) is 3.87. The van der Waals surface area contributed by atoms with Gasteiger partial charge in [-0.1, -0.05) is 36.4 Å². The van der Waals surface area contributed by atoms with Crippen LogP contribution in [0.2, 0.25) is 0 Å². The zero-order valence-corrected chi connectivity index (χ0v) is 14.8. The molecule has 1 fully saturated rings. The molecule has 0 aromatic heterocycles. The highest BCUT2D eigenvalue weighted by molar-refractivity contribution is 5.85. The van der Waals surface area contributed by atoms with Crippen molar-refractivity contribution in [3.63, 3.8) is 0 Å². The van der Waals surface area contributed by atoms with Gasteiger partial charge < -0.3 is 10.2 Å². The molecular weight excluding hydrogens is 306 g/mol. The highest BCUT2D eigenvalue weighted by Crippen LogP contribution is 2.32. The first-order valence-corrected chi connectivity index (χ1v) is 9.59. The lowest BCUT2D eigenvalue weighted by molar-refractivity contribution is 0.354. The van der Waals surface area contributed by atoms with Crippen LogP contribution in [0.3, 0.4) is 0 Å². The van der Waals surface area contributed by atoms with E-state index in [1.807, 2.05) is 0 Å². The van der Waals surface area contributed by atoms with Crippen molar-refractivity contribution in [2.75, 3.05) is 18.0 Å². The second-order valence-corrected chi connectivity index (χ2v) is 7.12. The Hall–Kier alpha value is -2.29. The summed E-state index contributed by atoms with van der Waals surface area (Å²) in [5.41, 5.74) is 2.51. The van der Waals surface area contributed by atoms with Gasteiger partial charge in [0.15, 0.2) is 0 Å². The van der Waals surface area contributed by atoms with Crippen molar-refractivity contribution in [1.82, 2.24) is 5.32 Å². The molecule has 3 heteroatoms. The van der Waals surface area contributed by atoms with Gasteiger partial charge in [-0.15, -0.1) is 0 Å². The quantitative estimate of drug-likeness (QED) is 0.771. The molecule has 3 aliphatic rings. The molecule has 2 aromatic carbocycles. The average molecular weight is 333 g/mol. The van der Waals surface area contributed by atoms with Crippen LogP contribution in [-0.2, 0) is 0 Å². The number of anilines is 2. The molecule has 1 saturated carbocycles. The largest absolute Gasteiger partial charge is 0.374 e. The first-order chi connectivity index (χ1) is 12.4. The van der Waals surface area contributed by atoms with Crippen LogP contribution in [0.25, 0.3) is 0 Å². The van der Waals surface area contributed by atoms with E-state index >= 15 is 0 Å². The van der Waals surface area contributed by atoms with Crippen molar-refractivity contribution < 1.29 is 0 Å². The molecule has 3 nitrogen and oxygen atoms in total. The summed E-state index contributed by atoms with van der Waals surface area (Å²) in [6, 6.07) is 21.9. The monoisotopic (exact) mass is 333 g/mol. The smallest absolute Gasteiger partial charge is 0.0997 e. The molecule has 5 rings (SSSR count). The van der Waals surface area contributed by atoms with E-state index in [9.17, 15) is 0 Å². The van der Waals surface area contributed by atoms with Crippen LogP contribution >= 0.6 is 0 Å². The number of fused-ring (bicyclic) bond motifs is 2. The molecule has 0 saturated heterocycles. The fraction of sp³-hybridized carbons (Fsp3) is 0.409. The third-order valence-electron chi connectivity index (χ3n) is 5.41. The van der Waals surface area contributed by atoms with Gasteiger partial charge in [-0.3, -0.25) is 4.99 Å². The Morgan fingerprint density at radius 2 is 1.44 bits per heavy atom. The normalized spacial score (nSPS) is 21.7. The molecule has 0 radical (unpaired) electrons. The van der Waals surface area contributed by atoms with Crippen molar-refractivity contribution >= 4 is 17.2 Å². The van der Waals surface area contributed by atoms with Gasteiger partial charge in [0.2, 0.25) is 0 Å². The maximum atomic E-state index is 4.87. The maximum absolute atomic E-state index is 4.87. The molecule has 0 unspecified atom stereocenters. The van der Waals surface area contributed by atoms with Crippen LogP contribution < -0.4 is 10.2 Å². The lowest BCUT2D eigenvalue weighted by Gasteiger charge is -2.34. The van der Waals surface area contributed by atoms with E-state index in [0.717, 1.165) is 19.5 Å². The SMILES string of the molecule is c1ccc(N(CCCNC2=NC3CCC2CC3)c2ccccc2)cc1. The van der Waals surface area contributed by atoms with Crippen molar-refractivity contribution in [3.8, 4) is 0 Å². The zero-order chi connectivity index (χ0) is 16.9. The highest BCUT2D eigenvalue weighted by Gasteiger charge is 2.30. The van der Waals surface area contributed by atoms with E-state index < -0.39 is 0 Å². The molecule has 1 aliphatic carbocycles. The van der Waals surface area contributed by atoms with Crippen LogP contribution in [0.5, 0.6) is 0 Å². The predicted octanol–water partition coefficient (Wildman–Crippen LogP) is 4.78. The van der Waals surface area contributed by atoms with Crippen molar-refractivity contribution in [2.45, 2.75) is 38.1 Å². The van der Waals surface area contributed by atoms with E-state index in [2.05, 4.69) is 70.9 Å². The molecule has 0 spiro atoms. The number of aliphatic imine (C=N–C) groups is 1. The third-order valence-corrected chi connectivity index (χ3v) is 5.41. The Labute approximate surface area is 150 Å². The van der Waals surface area contributed by atoms with Crippen molar-refractivity contribution in [3.05, 3.63) is 60.7 Å². The summed E-state index contributed by atoms with van der Waals surface area (Å²) in [5, 5.41) is 3.63. The minimum absolute atomic E-state index is 0.595. The van der Waals surface area contributed by atoms with E-state index in [4.69, 9.17) is 4.99 Å². The number of amidine groups is 1. The van der Waals surface area contributed by atoms with Gasteiger partial charge in [0.1, 0.15) is 0 Å². The Bertz CT molecular complexity index is 648. The summed E-state index contributed by atoms with van der Waals surface area (Å²) < 4.78 is 0. The Morgan fingerprint density at radius 1 is 0.840 bits per heavy atom. The number of hydrogen-bond acceptors (Lipinski definition) is 3. The van der Waals surface area contributed by atoms with Gasteiger partial charge in [0, 0.05) is 30.4 Å². The van der Waals surface area contributed by atoms with Crippen LogP contribution in [0.4, 0.5) is 11.4 Å². The van der Waals surface area contributed by atoms with Crippen LogP contribution in [-0.4, -0.2) is 25.0 Å². The lowest BCUT2D eigenvalue weighted by Crippen LogP contribution is -2.40. The van der Waals surface area contributed by atoms with E-state index in [1.54, 1.807) is 0 Å². The summed E-state index contributed by atoms with van der Waals surface area (Å²) in [4.78, 5) is 7.27. The Kier molecular flexibility index (Phi) is 5.01. The fourth-order valence-corrected chi connectivity index (χ4v) is 4.05. The topological polar surface area (TPSA) is 27.6 Å². The maximum Gasteiger partial charge on any atom is 0.0997 e. The summed E-state index contributed by atoms with van der Waals surface area (Å²) in [7, 11) is 0. The number of rotatable bonds is 6. The number of para-hydroxylation sites is 2. The first kappa shape index (κ1) is 16.2.